The van der Waals surface area contributed by atoms with Crippen molar-refractivity contribution in [3.05, 3.63) is 72.1 Å². The molecule has 3 aromatic rings. The van der Waals surface area contributed by atoms with Gasteiger partial charge < -0.3 is 45.5 Å². The van der Waals surface area contributed by atoms with Gasteiger partial charge in [0.15, 0.2) is 0 Å². The van der Waals surface area contributed by atoms with E-state index < -0.39 is 41.6 Å². The number of nitrogens with two attached hydrogens (primary N) is 1. The highest BCUT2D eigenvalue weighted by molar-refractivity contribution is 5.96. The average Bonchev–Trinajstić information content (AvgIpc) is 3.76. The molecule has 0 aromatic carbocycles. The van der Waals surface area contributed by atoms with E-state index in [9.17, 15) is 24.9 Å². The first kappa shape index (κ1) is 33.1. The lowest BCUT2D eigenvalue weighted by molar-refractivity contribution is -0.143. The number of nitrogens with one attached hydrogen (secondary N) is 4. The van der Waals surface area contributed by atoms with E-state index in [1.54, 1.807) is 13.0 Å². The monoisotopic (exact) mass is 657 g/mol. The molecule has 0 saturated carbocycles. The van der Waals surface area contributed by atoms with Gasteiger partial charge in [-0.1, -0.05) is 20.1 Å². The van der Waals surface area contributed by atoms with Crippen LogP contribution in [0.4, 0.5) is 0 Å². The Balaban J connectivity index is 1.78. The van der Waals surface area contributed by atoms with E-state index in [4.69, 9.17) is 15.2 Å². The largest absolute Gasteiger partial charge is 0.510 e. The number of ether oxygens (including phenoxy) is 2. The van der Waals surface area contributed by atoms with Crippen LogP contribution in [0.2, 0.25) is 0 Å². The predicted octanol–water partition coefficient (Wildman–Crippen LogP) is -0.816. The summed E-state index contributed by atoms with van der Waals surface area (Å²) in [6, 6.07) is -0.395. The molecule has 12 nitrogen and oxygen atoms in total. The normalized spacial score (nSPS) is 27.0. The van der Waals surface area contributed by atoms with Gasteiger partial charge in [-0.2, -0.15) is 0 Å². The van der Waals surface area contributed by atoms with Gasteiger partial charge in [-0.25, -0.2) is 0 Å². The van der Waals surface area contributed by atoms with Crippen molar-refractivity contribution in [3.63, 3.8) is 0 Å². The molecule has 3 aromatic heterocycles. The zero-order valence-electron chi connectivity index (χ0n) is 28.0. The summed E-state index contributed by atoms with van der Waals surface area (Å²) in [5, 5.41) is 39.9. The van der Waals surface area contributed by atoms with Gasteiger partial charge in [-0.15, -0.1) is 0 Å². The average molecular weight is 658 g/mol. The number of carbonyl (C=O) groups is 2. The van der Waals surface area contributed by atoms with Crippen LogP contribution in [0, 0.1) is 31.6 Å². The number of rotatable bonds is 6. The fourth-order valence-corrected chi connectivity index (χ4v) is 8.10. The van der Waals surface area contributed by atoms with Crippen LogP contribution >= 0.6 is 0 Å². The van der Waals surface area contributed by atoms with E-state index >= 15 is 0 Å². The molecule has 1 unspecified atom stereocenters. The van der Waals surface area contributed by atoms with E-state index in [-0.39, 0.29) is 23.9 Å². The maximum Gasteiger partial charge on any atom is 0.320 e. The summed E-state index contributed by atoms with van der Waals surface area (Å²) in [4.78, 5) is 36.1. The first-order chi connectivity index (χ1) is 22.6. The van der Waals surface area contributed by atoms with E-state index in [1.807, 2.05) is 32.9 Å². The number of aliphatic hydroxyl groups is 3. The Bertz CT molecular complexity index is 2260. The smallest absolute Gasteiger partial charge is 0.320 e. The summed E-state index contributed by atoms with van der Waals surface area (Å²) in [6.45, 7) is 15.6. The number of hydrogen-bond acceptors (Lipinski definition) is 9. The first-order valence-corrected chi connectivity index (χ1v) is 15.9. The van der Waals surface area contributed by atoms with Gasteiger partial charge in [0.25, 0.3) is 0 Å². The minimum Gasteiger partial charge on any atom is -0.510 e. The molecule has 254 valence electrons. The number of fused-ring (bicyclic) bond motifs is 8. The van der Waals surface area contributed by atoms with E-state index in [2.05, 4.69) is 33.4 Å². The van der Waals surface area contributed by atoms with Crippen molar-refractivity contribution in [1.29, 1.82) is 0 Å². The second-order valence-corrected chi connectivity index (χ2v) is 13.2. The number of esters is 2. The Labute approximate surface area is 276 Å². The summed E-state index contributed by atoms with van der Waals surface area (Å²) >= 11 is 0. The minimum absolute atomic E-state index is 0.0768. The Morgan fingerprint density at radius 3 is 2.38 bits per heavy atom. The number of methoxy groups -OCH3 is 2. The molecule has 0 spiro atoms. The van der Waals surface area contributed by atoms with E-state index in [0.29, 0.717) is 66.3 Å². The molecule has 0 amide bonds. The SMILES string of the molecule is C=C(O)c1c(C)/c2[nH]/c1=C\c1[nH]c(c([C@@H](C)O)c1C)/C=c1\[nH]c3c(c1=C)=C(O)[C@H](C(=O)OC)C=3[C@]1(N)NC(\C=2)[C@@H](C)[C@@H]1CCC(=O)OC. The lowest BCUT2D eigenvalue weighted by atomic mass is 9.75. The van der Waals surface area contributed by atoms with Crippen molar-refractivity contribution < 1.29 is 34.4 Å². The van der Waals surface area contributed by atoms with Gasteiger partial charge in [0.1, 0.15) is 17.4 Å². The Hall–Kier alpha value is -4.78. The van der Waals surface area contributed by atoms with Gasteiger partial charge in [0, 0.05) is 61.7 Å². The molecular formula is C36H43N5O7. The number of aromatic amines is 3. The molecule has 3 aliphatic rings. The standard InChI is InChI=1S/C36H43N5O7/c1-14-20(9-10-27(44)47-7)36(37)32-31(35(46)48-8)34(45)30-17(4)23(40-33(30)32)13-26-29(19(6)43)16(3)22(39-26)12-25-28(18(5)42)15(2)21(38-25)11-24(14)41-36/h11-14,19-20,24,31,38-43,45H,4-5,9-10,37H2,1-3,6-8H3/b21-11-,23-13-,25-12-/t14-,19+,20-,24?,31+,36+/m0/s1. The quantitative estimate of drug-likeness (QED) is 0.123. The maximum absolute atomic E-state index is 13.4. The van der Waals surface area contributed by atoms with Gasteiger partial charge in [-0.05, 0) is 68.4 Å². The number of hydrogen-bond donors (Lipinski definition) is 8. The molecule has 48 heavy (non-hydrogen) atoms. The van der Waals surface area contributed by atoms with Crippen molar-refractivity contribution in [2.45, 2.75) is 58.3 Å². The number of aliphatic hydroxyl groups excluding tert-OH is 3. The third kappa shape index (κ3) is 4.85. The zero-order chi connectivity index (χ0) is 35.0. The molecule has 12 heteroatoms. The van der Waals surface area contributed by atoms with Gasteiger partial charge in [0.05, 0.1) is 36.7 Å². The molecule has 9 N–H and O–H groups in total. The number of carbonyl (C=O) groups excluding carboxylic acids is 2. The Morgan fingerprint density at radius 1 is 1.06 bits per heavy atom. The lowest BCUT2D eigenvalue weighted by Crippen LogP contribution is -2.59. The summed E-state index contributed by atoms with van der Waals surface area (Å²) < 4.78 is 10.2. The van der Waals surface area contributed by atoms with Gasteiger partial charge in [-0.3, -0.25) is 14.9 Å². The van der Waals surface area contributed by atoms with Gasteiger partial charge >= 0.3 is 11.9 Å². The van der Waals surface area contributed by atoms with Crippen molar-refractivity contribution in [2.75, 3.05) is 14.2 Å². The van der Waals surface area contributed by atoms with Crippen molar-refractivity contribution in [1.82, 2.24) is 20.3 Å². The number of aromatic nitrogens is 3. The minimum atomic E-state index is -1.43. The van der Waals surface area contributed by atoms with Crippen LogP contribution in [0.1, 0.15) is 66.4 Å². The molecule has 5 heterocycles. The first-order valence-electron chi connectivity index (χ1n) is 15.9. The Kier molecular flexibility index (Phi) is 8.09. The molecular weight excluding hydrogens is 614 g/mol. The van der Waals surface area contributed by atoms with E-state index in [1.165, 1.54) is 14.2 Å². The third-order valence-electron chi connectivity index (χ3n) is 10.5. The summed E-state index contributed by atoms with van der Waals surface area (Å²) in [5.74, 6) is -3.31. The lowest BCUT2D eigenvalue weighted by Gasteiger charge is -2.36. The van der Waals surface area contributed by atoms with Crippen molar-refractivity contribution >= 4 is 53.8 Å². The fraction of sp³-hybridized carbons (Fsp3) is 0.389. The molecule has 1 saturated heterocycles. The highest BCUT2D eigenvalue weighted by atomic mass is 16.5. The van der Waals surface area contributed by atoms with Crippen LogP contribution in [-0.4, -0.2) is 68.1 Å². The number of H-pyrrole nitrogens is 3. The second-order valence-electron chi connectivity index (χ2n) is 13.2. The maximum atomic E-state index is 13.4. The van der Waals surface area contributed by atoms with Crippen molar-refractivity contribution in [2.24, 2.45) is 23.5 Å². The van der Waals surface area contributed by atoms with Crippen LogP contribution in [0.5, 0.6) is 0 Å². The topological polar surface area (TPSA) is 199 Å². The van der Waals surface area contributed by atoms with E-state index in [0.717, 1.165) is 11.1 Å². The summed E-state index contributed by atoms with van der Waals surface area (Å²) in [6.07, 6.45) is 5.20. The molecule has 6 atom stereocenters. The summed E-state index contributed by atoms with van der Waals surface area (Å²) in [7, 11) is 2.58. The van der Waals surface area contributed by atoms with Crippen LogP contribution in [-0.2, 0) is 19.1 Å². The van der Waals surface area contributed by atoms with Gasteiger partial charge in [0.2, 0.25) is 0 Å². The highest BCUT2D eigenvalue weighted by Crippen LogP contribution is 2.44. The third-order valence-corrected chi connectivity index (χ3v) is 10.5. The second kappa shape index (κ2) is 11.7. The molecule has 2 aliphatic heterocycles. The van der Waals surface area contributed by atoms with Crippen LogP contribution in [0.25, 0.3) is 41.9 Å². The molecule has 6 rings (SSSR count). The van der Waals surface area contributed by atoms with Crippen LogP contribution < -0.4 is 42.9 Å². The molecule has 1 aliphatic carbocycles. The van der Waals surface area contributed by atoms with Crippen LogP contribution in [0.15, 0.2) is 6.58 Å². The molecule has 8 bridgehead atoms. The Morgan fingerprint density at radius 2 is 1.75 bits per heavy atom. The summed E-state index contributed by atoms with van der Waals surface area (Å²) in [5.41, 5.74) is 10.4. The molecule has 1 fully saturated rings. The fourth-order valence-electron chi connectivity index (χ4n) is 8.10. The zero-order valence-corrected chi connectivity index (χ0v) is 28.0. The molecule has 0 radical (unpaired) electrons. The highest BCUT2D eigenvalue weighted by Gasteiger charge is 2.55. The van der Waals surface area contributed by atoms with Crippen LogP contribution in [0.3, 0.4) is 0 Å². The predicted molar refractivity (Wildman–Crippen MR) is 182 cm³/mol. The van der Waals surface area contributed by atoms with Crippen molar-refractivity contribution in [3.8, 4) is 0 Å².